The van der Waals surface area contributed by atoms with Crippen LogP contribution in [0.15, 0.2) is 24.3 Å². The number of aliphatic hydroxyl groups excluding tert-OH is 1. The summed E-state index contributed by atoms with van der Waals surface area (Å²) in [5, 5.41) is 10.5. The van der Waals surface area contributed by atoms with Gasteiger partial charge in [-0.05, 0) is 36.6 Å². The molecule has 1 fully saturated rings. The van der Waals surface area contributed by atoms with Crippen LogP contribution >= 0.6 is 11.6 Å². The molecule has 1 heterocycles. The van der Waals surface area contributed by atoms with Gasteiger partial charge in [-0.15, -0.1) is 0 Å². The number of hydrogen-bond donors (Lipinski definition) is 1. The lowest BCUT2D eigenvalue weighted by Gasteiger charge is -2.34. The molecular weight excluding hydrogens is 302 g/mol. The molecule has 0 bridgehead atoms. The van der Waals surface area contributed by atoms with Gasteiger partial charge in [-0.25, -0.2) is 0 Å². The third kappa shape index (κ3) is 4.08. The van der Waals surface area contributed by atoms with Gasteiger partial charge in [-0.3, -0.25) is 9.59 Å². The summed E-state index contributed by atoms with van der Waals surface area (Å²) in [6.07, 6.45) is 0.495. The monoisotopic (exact) mass is 323 g/mol. The van der Waals surface area contributed by atoms with Gasteiger partial charge >= 0.3 is 0 Å². The smallest absolute Gasteiger partial charge is 0.223 e. The predicted octanol–water partition coefficient (Wildman–Crippen LogP) is 2.78. The molecule has 0 saturated carbocycles. The molecule has 5 heteroatoms. The Bertz CT molecular complexity index is 543. The normalized spacial score (nSPS) is 23.2. The third-order valence-corrected chi connectivity index (χ3v) is 4.58. The van der Waals surface area contributed by atoms with E-state index >= 15 is 0 Å². The number of piperidine rings is 1. The Balaban J connectivity index is 1.93. The summed E-state index contributed by atoms with van der Waals surface area (Å²) in [5.74, 6) is -0.293. The Kier molecular flexibility index (Phi) is 5.59. The number of rotatable bonds is 4. The zero-order chi connectivity index (χ0) is 16.3. The number of β-amino-alcohol motifs (C(OH)–C–C–N with tert-alkyl or cyclic N) is 1. The predicted molar refractivity (Wildman–Crippen MR) is 85.9 cm³/mol. The maximum atomic E-state index is 12.3. The largest absolute Gasteiger partial charge is 0.391 e. The number of nitrogens with zero attached hydrogens (tertiary/aromatic N) is 1. The quantitative estimate of drug-likeness (QED) is 0.867. The maximum absolute atomic E-state index is 12.3. The highest BCUT2D eigenvalue weighted by Gasteiger charge is 2.29. The topological polar surface area (TPSA) is 57.6 Å². The summed E-state index contributed by atoms with van der Waals surface area (Å²) in [5.41, 5.74) is 0.567. The molecule has 22 heavy (non-hydrogen) atoms. The van der Waals surface area contributed by atoms with Crippen molar-refractivity contribution in [3.8, 4) is 0 Å². The zero-order valence-electron chi connectivity index (χ0n) is 13.0. The Labute approximate surface area is 136 Å². The first kappa shape index (κ1) is 17.0. The minimum atomic E-state index is -0.472. The van der Waals surface area contributed by atoms with Crippen LogP contribution in [0.25, 0.3) is 0 Å². The average molecular weight is 324 g/mol. The van der Waals surface area contributed by atoms with Gasteiger partial charge in [0.25, 0.3) is 0 Å². The minimum Gasteiger partial charge on any atom is -0.391 e. The summed E-state index contributed by atoms with van der Waals surface area (Å²) in [4.78, 5) is 26.3. The van der Waals surface area contributed by atoms with Crippen molar-refractivity contribution < 1.29 is 14.7 Å². The fraction of sp³-hybridized carbons (Fsp3) is 0.529. The second-order valence-electron chi connectivity index (χ2n) is 6.15. The van der Waals surface area contributed by atoms with E-state index in [0.29, 0.717) is 23.7 Å². The maximum Gasteiger partial charge on any atom is 0.223 e. The molecule has 0 aromatic heterocycles. The van der Waals surface area contributed by atoms with Crippen LogP contribution in [0, 0.1) is 11.8 Å². The highest BCUT2D eigenvalue weighted by Crippen LogP contribution is 2.20. The zero-order valence-corrected chi connectivity index (χ0v) is 13.7. The molecule has 1 saturated heterocycles. The molecule has 3 atom stereocenters. The van der Waals surface area contributed by atoms with Crippen LogP contribution in [0.4, 0.5) is 0 Å². The Hall–Kier alpha value is -1.39. The number of hydrogen-bond acceptors (Lipinski definition) is 3. The third-order valence-electron chi connectivity index (χ3n) is 4.33. The second kappa shape index (κ2) is 7.25. The van der Waals surface area contributed by atoms with Crippen molar-refractivity contribution in [2.24, 2.45) is 11.8 Å². The number of Topliss-reactive ketones (excluding diaryl/α,β-unsaturated/α-hetero) is 1. The van der Waals surface area contributed by atoms with Gasteiger partial charge in [0.05, 0.1) is 6.10 Å². The Morgan fingerprint density at radius 2 is 2.00 bits per heavy atom. The van der Waals surface area contributed by atoms with Crippen molar-refractivity contribution >= 4 is 23.3 Å². The Morgan fingerprint density at radius 1 is 1.36 bits per heavy atom. The standard InChI is InChI=1S/C17H22ClNO3/c1-11-7-8-19(10-15(11)20)16(21)9-12(2)17(22)13-3-5-14(18)6-4-13/h3-6,11-12,15,20H,7-10H2,1-2H3/t11-,12-,15+/m1/s1. The van der Waals surface area contributed by atoms with E-state index in [2.05, 4.69) is 0 Å². The molecule has 4 nitrogen and oxygen atoms in total. The van der Waals surface area contributed by atoms with Gasteiger partial charge in [0.2, 0.25) is 5.91 Å². The number of carbonyl (C=O) groups excluding carboxylic acids is 2. The van der Waals surface area contributed by atoms with Crippen molar-refractivity contribution in [1.82, 2.24) is 4.90 Å². The van der Waals surface area contributed by atoms with Crippen LogP contribution in [0.5, 0.6) is 0 Å². The van der Waals surface area contributed by atoms with Crippen LogP contribution < -0.4 is 0 Å². The lowest BCUT2D eigenvalue weighted by Crippen LogP contribution is -2.46. The number of aliphatic hydroxyl groups is 1. The summed E-state index contributed by atoms with van der Waals surface area (Å²) in [6.45, 7) is 4.76. The average Bonchev–Trinajstić information content (AvgIpc) is 2.50. The van der Waals surface area contributed by atoms with Crippen LogP contribution in [0.1, 0.15) is 37.0 Å². The van der Waals surface area contributed by atoms with E-state index in [1.165, 1.54) is 0 Å². The first-order chi connectivity index (χ1) is 10.4. The van der Waals surface area contributed by atoms with Gasteiger partial charge in [0.15, 0.2) is 5.78 Å². The summed E-state index contributed by atoms with van der Waals surface area (Å²) in [7, 11) is 0. The van der Waals surface area contributed by atoms with Crippen LogP contribution in [0.2, 0.25) is 5.02 Å². The number of likely N-dealkylation sites (tertiary alicyclic amines) is 1. The van der Waals surface area contributed by atoms with Gasteiger partial charge in [0, 0.05) is 36.0 Å². The first-order valence-electron chi connectivity index (χ1n) is 7.64. The van der Waals surface area contributed by atoms with E-state index in [-0.39, 0.29) is 29.9 Å². The van der Waals surface area contributed by atoms with Crippen molar-refractivity contribution in [2.75, 3.05) is 13.1 Å². The molecule has 0 aliphatic carbocycles. The van der Waals surface area contributed by atoms with E-state index in [1.807, 2.05) is 6.92 Å². The van der Waals surface area contributed by atoms with Crippen molar-refractivity contribution in [2.45, 2.75) is 32.8 Å². The minimum absolute atomic E-state index is 0.0593. The van der Waals surface area contributed by atoms with Crippen molar-refractivity contribution in [1.29, 1.82) is 0 Å². The molecule has 1 aliphatic heterocycles. The molecule has 2 rings (SSSR count). The Morgan fingerprint density at radius 3 is 2.59 bits per heavy atom. The molecule has 1 N–H and O–H groups in total. The highest BCUT2D eigenvalue weighted by molar-refractivity contribution is 6.30. The van der Waals surface area contributed by atoms with E-state index in [4.69, 9.17) is 11.6 Å². The molecule has 1 aromatic carbocycles. The van der Waals surface area contributed by atoms with E-state index in [9.17, 15) is 14.7 Å². The van der Waals surface area contributed by atoms with E-state index in [0.717, 1.165) is 6.42 Å². The van der Waals surface area contributed by atoms with E-state index < -0.39 is 6.10 Å². The molecule has 1 amide bonds. The highest BCUT2D eigenvalue weighted by atomic mass is 35.5. The van der Waals surface area contributed by atoms with E-state index in [1.54, 1.807) is 36.1 Å². The van der Waals surface area contributed by atoms with Crippen molar-refractivity contribution in [3.63, 3.8) is 0 Å². The van der Waals surface area contributed by atoms with Crippen LogP contribution in [0.3, 0.4) is 0 Å². The van der Waals surface area contributed by atoms with Gasteiger partial charge in [-0.1, -0.05) is 25.4 Å². The number of amides is 1. The van der Waals surface area contributed by atoms with Gasteiger partial charge in [-0.2, -0.15) is 0 Å². The number of halogens is 1. The molecule has 0 unspecified atom stereocenters. The lowest BCUT2D eigenvalue weighted by atomic mass is 9.93. The molecule has 1 aromatic rings. The lowest BCUT2D eigenvalue weighted by molar-refractivity contribution is -0.136. The SMILES string of the molecule is C[C@H](CC(=O)N1CC[C@@H](C)[C@@H](O)C1)C(=O)c1ccc(Cl)cc1. The summed E-state index contributed by atoms with van der Waals surface area (Å²) in [6, 6.07) is 6.70. The molecule has 1 aliphatic rings. The number of benzene rings is 1. The van der Waals surface area contributed by atoms with Crippen LogP contribution in [-0.2, 0) is 4.79 Å². The molecule has 0 radical (unpaired) electrons. The molecule has 120 valence electrons. The van der Waals surface area contributed by atoms with Gasteiger partial charge in [0.1, 0.15) is 0 Å². The fourth-order valence-corrected chi connectivity index (χ4v) is 2.78. The second-order valence-corrected chi connectivity index (χ2v) is 6.59. The molecule has 0 spiro atoms. The van der Waals surface area contributed by atoms with Gasteiger partial charge < -0.3 is 10.0 Å². The fourth-order valence-electron chi connectivity index (χ4n) is 2.66. The molecular formula is C17H22ClNO3. The summed E-state index contributed by atoms with van der Waals surface area (Å²) >= 11 is 5.81. The van der Waals surface area contributed by atoms with Crippen LogP contribution in [-0.4, -0.2) is 40.9 Å². The number of carbonyl (C=O) groups is 2. The first-order valence-corrected chi connectivity index (χ1v) is 8.02. The van der Waals surface area contributed by atoms with Crippen molar-refractivity contribution in [3.05, 3.63) is 34.9 Å². The summed E-state index contributed by atoms with van der Waals surface area (Å²) < 4.78 is 0. The number of ketones is 1.